The van der Waals surface area contributed by atoms with Gasteiger partial charge in [0.25, 0.3) is 0 Å². The number of nitrogens with zero attached hydrogens (tertiary/aromatic N) is 1. The second kappa shape index (κ2) is 13.6. The fourth-order valence-corrected chi connectivity index (χ4v) is 10.3. The van der Waals surface area contributed by atoms with Crippen molar-refractivity contribution in [2.24, 2.45) is 0 Å². The second-order valence-electron chi connectivity index (χ2n) is 15.2. The van der Waals surface area contributed by atoms with Crippen molar-refractivity contribution in [2.75, 3.05) is 4.90 Å². The monoisotopic (exact) mass is 769 g/mol. The number of furan rings is 1. The van der Waals surface area contributed by atoms with Crippen LogP contribution in [0.15, 0.2) is 217 Å². The van der Waals surface area contributed by atoms with Crippen molar-refractivity contribution >= 4 is 92.1 Å². The van der Waals surface area contributed by atoms with Gasteiger partial charge in [-0.05, 0) is 98.4 Å². The Hall–Kier alpha value is -7.46. The van der Waals surface area contributed by atoms with E-state index >= 15 is 0 Å². The molecule has 0 saturated carbocycles. The van der Waals surface area contributed by atoms with E-state index in [1.807, 2.05) is 11.3 Å². The van der Waals surface area contributed by atoms with E-state index in [1.54, 1.807) is 0 Å². The highest BCUT2D eigenvalue weighted by molar-refractivity contribution is 7.25. The van der Waals surface area contributed by atoms with Gasteiger partial charge in [-0.3, -0.25) is 0 Å². The van der Waals surface area contributed by atoms with Crippen LogP contribution >= 0.6 is 11.3 Å². The topological polar surface area (TPSA) is 16.4 Å². The minimum absolute atomic E-state index is 0.866. The van der Waals surface area contributed by atoms with Crippen molar-refractivity contribution < 1.29 is 4.42 Å². The Kier molecular flexibility index (Phi) is 7.75. The Morgan fingerprint density at radius 2 is 1.00 bits per heavy atom. The number of para-hydroxylation sites is 2. The second-order valence-corrected chi connectivity index (χ2v) is 16.3. The maximum atomic E-state index is 6.67. The van der Waals surface area contributed by atoms with Gasteiger partial charge in [-0.25, -0.2) is 0 Å². The van der Waals surface area contributed by atoms with Gasteiger partial charge in [0.15, 0.2) is 0 Å². The molecule has 59 heavy (non-hydrogen) atoms. The Morgan fingerprint density at radius 1 is 0.356 bits per heavy atom. The summed E-state index contributed by atoms with van der Waals surface area (Å²) in [5.74, 6) is 0. The highest BCUT2D eigenvalue weighted by Crippen LogP contribution is 2.51. The number of hydrogen-bond donors (Lipinski definition) is 0. The maximum absolute atomic E-state index is 6.67. The van der Waals surface area contributed by atoms with Crippen LogP contribution in [0, 0.1) is 0 Å². The first-order chi connectivity index (χ1) is 29.3. The van der Waals surface area contributed by atoms with Crippen LogP contribution in [0.5, 0.6) is 0 Å². The molecule has 12 aromatic rings. The van der Waals surface area contributed by atoms with E-state index in [-0.39, 0.29) is 0 Å². The standard InChI is InChI=1S/C56H35NOS/c1-2-14-36(15-3-1)37-26-29-40(30-27-37)57(49-23-11-8-18-42(49)39-28-31-46-45-21-10-13-25-53(45)59-54(46)35-39)50-32-33-52-56(47-22-9-12-24-51(47)58-52)55(50)48-34-38-16-4-5-17-41(38)43-19-6-7-20-44(43)48/h1-35H. The van der Waals surface area contributed by atoms with E-state index in [0.29, 0.717) is 0 Å². The lowest BCUT2D eigenvalue weighted by Crippen LogP contribution is -2.12. The summed E-state index contributed by atoms with van der Waals surface area (Å²) in [6, 6.07) is 77.1. The smallest absolute Gasteiger partial charge is 0.136 e. The SMILES string of the molecule is c1ccc(-c2ccc(N(c3ccccc3-c3ccc4c(c3)sc3ccccc34)c3ccc4oc5ccccc5c4c3-c3cc4ccccc4c4ccccc34)cc2)cc1. The van der Waals surface area contributed by atoms with E-state index in [2.05, 4.69) is 217 Å². The number of anilines is 3. The first-order valence-corrected chi connectivity index (χ1v) is 20.9. The van der Waals surface area contributed by atoms with Crippen molar-refractivity contribution in [1.29, 1.82) is 0 Å². The molecule has 0 N–H and O–H groups in total. The summed E-state index contributed by atoms with van der Waals surface area (Å²) < 4.78 is 9.26. The number of thiophene rings is 1. The van der Waals surface area contributed by atoms with E-state index < -0.39 is 0 Å². The maximum Gasteiger partial charge on any atom is 0.136 e. The third kappa shape index (κ3) is 5.47. The molecule has 0 fully saturated rings. The minimum atomic E-state index is 0.866. The zero-order valence-electron chi connectivity index (χ0n) is 32.0. The molecule has 12 rings (SSSR count). The Balaban J connectivity index is 1.18. The summed E-state index contributed by atoms with van der Waals surface area (Å²) in [4.78, 5) is 2.47. The highest BCUT2D eigenvalue weighted by Gasteiger charge is 2.26. The third-order valence-electron chi connectivity index (χ3n) is 11.9. The van der Waals surface area contributed by atoms with Crippen LogP contribution in [0.4, 0.5) is 17.1 Å². The zero-order chi connectivity index (χ0) is 38.9. The molecular weight excluding hydrogens is 735 g/mol. The van der Waals surface area contributed by atoms with Gasteiger partial charge in [0.2, 0.25) is 0 Å². The Labute approximate surface area is 345 Å². The fourth-order valence-electron chi connectivity index (χ4n) is 9.17. The molecule has 0 aliphatic carbocycles. The summed E-state index contributed by atoms with van der Waals surface area (Å²) in [5.41, 5.74) is 12.0. The van der Waals surface area contributed by atoms with Crippen molar-refractivity contribution in [2.45, 2.75) is 0 Å². The van der Waals surface area contributed by atoms with Crippen LogP contribution in [-0.4, -0.2) is 0 Å². The van der Waals surface area contributed by atoms with E-state index in [9.17, 15) is 0 Å². The first kappa shape index (κ1) is 33.7. The van der Waals surface area contributed by atoms with Crippen LogP contribution in [0.2, 0.25) is 0 Å². The molecule has 276 valence electrons. The molecule has 2 heterocycles. The van der Waals surface area contributed by atoms with Crippen LogP contribution < -0.4 is 4.90 Å². The van der Waals surface area contributed by atoms with Crippen LogP contribution in [0.3, 0.4) is 0 Å². The number of hydrogen-bond acceptors (Lipinski definition) is 3. The molecule has 2 nitrogen and oxygen atoms in total. The average Bonchev–Trinajstić information content (AvgIpc) is 3.88. The van der Waals surface area contributed by atoms with E-state index in [1.165, 1.54) is 64.0 Å². The highest BCUT2D eigenvalue weighted by atomic mass is 32.1. The molecule has 0 saturated heterocycles. The van der Waals surface area contributed by atoms with Gasteiger partial charge >= 0.3 is 0 Å². The summed E-state index contributed by atoms with van der Waals surface area (Å²) in [7, 11) is 0. The van der Waals surface area contributed by atoms with Gasteiger partial charge in [0.05, 0.1) is 11.4 Å². The summed E-state index contributed by atoms with van der Waals surface area (Å²) in [6.45, 7) is 0. The zero-order valence-corrected chi connectivity index (χ0v) is 32.8. The van der Waals surface area contributed by atoms with Gasteiger partial charge in [-0.2, -0.15) is 0 Å². The molecule has 0 unspecified atom stereocenters. The largest absolute Gasteiger partial charge is 0.456 e. The molecule has 2 aromatic heterocycles. The normalized spacial score (nSPS) is 11.7. The van der Waals surface area contributed by atoms with Gasteiger partial charge < -0.3 is 9.32 Å². The predicted molar refractivity (Wildman–Crippen MR) is 253 cm³/mol. The van der Waals surface area contributed by atoms with Crippen LogP contribution in [-0.2, 0) is 0 Å². The van der Waals surface area contributed by atoms with Crippen LogP contribution in [0.1, 0.15) is 0 Å². The summed E-state index contributed by atoms with van der Waals surface area (Å²) >= 11 is 1.86. The first-order valence-electron chi connectivity index (χ1n) is 20.1. The lowest BCUT2D eigenvalue weighted by molar-refractivity contribution is 0.669. The van der Waals surface area contributed by atoms with Gasteiger partial charge in [-0.15, -0.1) is 11.3 Å². The Morgan fingerprint density at radius 3 is 1.86 bits per heavy atom. The predicted octanol–water partition coefficient (Wildman–Crippen LogP) is 16.7. The molecule has 0 atom stereocenters. The molecule has 0 radical (unpaired) electrons. The lowest BCUT2D eigenvalue weighted by Gasteiger charge is -2.30. The van der Waals surface area contributed by atoms with Gasteiger partial charge in [0.1, 0.15) is 11.2 Å². The molecular formula is C56H35NOS. The third-order valence-corrected chi connectivity index (χ3v) is 13.0. The van der Waals surface area contributed by atoms with Crippen molar-refractivity contribution in [3.05, 3.63) is 212 Å². The quantitative estimate of drug-likeness (QED) is 0.157. The number of benzene rings is 10. The molecule has 10 aromatic carbocycles. The molecule has 0 spiro atoms. The van der Waals surface area contributed by atoms with Gasteiger partial charge in [-0.1, -0.05) is 158 Å². The number of fused-ring (bicyclic) bond motifs is 9. The van der Waals surface area contributed by atoms with E-state index in [4.69, 9.17) is 4.42 Å². The summed E-state index contributed by atoms with van der Waals surface area (Å²) in [5, 5.41) is 9.68. The molecule has 0 aliphatic heterocycles. The fraction of sp³-hybridized carbons (Fsp3) is 0. The van der Waals surface area contributed by atoms with Crippen molar-refractivity contribution in [3.63, 3.8) is 0 Å². The Bertz CT molecular complexity index is 3560. The molecule has 0 amide bonds. The van der Waals surface area contributed by atoms with Crippen LogP contribution in [0.25, 0.3) is 97.0 Å². The lowest BCUT2D eigenvalue weighted by atomic mass is 9.89. The minimum Gasteiger partial charge on any atom is -0.456 e. The number of rotatable bonds is 6. The molecule has 3 heteroatoms. The average molecular weight is 770 g/mol. The van der Waals surface area contributed by atoms with Crippen molar-refractivity contribution in [3.8, 4) is 33.4 Å². The van der Waals surface area contributed by atoms with Crippen molar-refractivity contribution in [1.82, 2.24) is 0 Å². The molecule has 0 bridgehead atoms. The van der Waals surface area contributed by atoms with Gasteiger partial charge in [0, 0.05) is 47.8 Å². The summed E-state index contributed by atoms with van der Waals surface area (Å²) in [6.07, 6.45) is 0. The van der Waals surface area contributed by atoms with E-state index in [0.717, 1.165) is 50.1 Å². The molecule has 0 aliphatic rings.